The van der Waals surface area contributed by atoms with Gasteiger partial charge in [0, 0.05) is 6.92 Å². The molecule has 0 bridgehead atoms. The van der Waals surface area contributed by atoms with E-state index in [1.807, 2.05) is 0 Å². The van der Waals surface area contributed by atoms with Gasteiger partial charge in [0.05, 0.1) is 13.2 Å². The molecule has 0 saturated heterocycles. The first-order valence-electron chi connectivity index (χ1n) is 3.53. The summed E-state index contributed by atoms with van der Waals surface area (Å²) in [4.78, 5) is 19.2. The van der Waals surface area contributed by atoms with Crippen LogP contribution < -0.4 is 0 Å². The van der Waals surface area contributed by atoms with Crippen LogP contribution in [0.2, 0.25) is 0 Å². The highest BCUT2D eigenvalue weighted by molar-refractivity contribution is 5.65. The predicted octanol–water partition coefficient (Wildman–Crippen LogP) is 1.27. The number of carbonyl (C=O) groups is 2. The lowest BCUT2D eigenvalue weighted by atomic mass is 10.8. The van der Waals surface area contributed by atoms with Crippen LogP contribution >= 0.6 is 0 Å². The van der Waals surface area contributed by atoms with Crippen LogP contribution in [0.1, 0.15) is 20.8 Å². The Hall–Kier alpha value is -1.26. The lowest BCUT2D eigenvalue weighted by Gasteiger charge is -1.89. The molecule has 5 heteroatoms. The molecule has 0 rings (SSSR count). The zero-order valence-electron chi connectivity index (χ0n) is 7.49. The van der Waals surface area contributed by atoms with Gasteiger partial charge in [-0.05, 0) is 13.8 Å². The summed E-state index contributed by atoms with van der Waals surface area (Å²) in [5, 5.41) is 7.69. The second-order valence-electron chi connectivity index (χ2n) is 1.62. The number of ether oxygens (including phenoxy) is 2. The quantitative estimate of drug-likeness (QED) is 0.644. The van der Waals surface area contributed by atoms with Gasteiger partial charge in [-0.2, -0.15) is 0 Å². The van der Waals surface area contributed by atoms with Crippen molar-refractivity contribution in [1.29, 1.82) is 0 Å². The molecule has 0 fully saturated rings. The minimum atomic E-state index is -1.21. The molecule has 0 aromatic rings. The summed E-state index contributed by atoms with van der Waals surface area (Å²) in [6.45, 7) is 5.50. The van der Waals surface area contributed by atoms with E-state index < -0.39 is 6.16 Å². The number of hydrogen-bond acceptors (Lipinski definition) is 4. The number of rotatable bonds is 2. The molecule has 0 aliphatic rings. The molecule has 0 amide bonds. The third-order valence-electron chi connectivity index (χ3n) is 0.615. The molecule has 0 radical (unpaired) electrons. The Kier molecular flexibility index (Phi) is 10.8. The number of hydrogen-bond donors (Lipinski definition) is 1. The Balaban J connectivity index is 0. The zero-order valence-corrected chi connectivity index (χ0v) is 7.49. The topological polar surface area (TPSA) is 72.8 Å². The van der Waals surface area contributed by atoms with Gasteiger partial charge in [0.15, 0.2) is 0 Å². The van der Waals surface area contributed by atoms with Gasteiger partial charge in [0.1, 0.15) is 0 Å². The maximum atomic E-state index is 9.82. The maximum Gasteiger partial charge on any atom is 0.505 e. The Morgan fingerprint density at radius 1 is 1.17 bits per heavy atom. The van der Waals surface area contributed by atoms with Crippen LogP contribution in [0.25, 0.3) is 0 Å². The van der Waals surface area contributed by atoms with Crippen molar-refractivity contribution in [3.05, 3.63) is 0 Å². The monoisotopic (exact) mass is 178 g/mol. The summed E-state index contributed by atoms with van der Waals surface area (Å²) in [5.41, 5.74) is 0. The molecule has 0 saturated carbocycles. The van der Waals surface area contributed by atoms with E-state index in [1.54, 1.807) is 13.8 Å². The fraction of sp³-hybridized carbons (Fsp3) is 0.714. The van der Waals surface area contributed by atoms with Gasteiger partial charge in [-0.15, -0.1) is 0 Å². The summed E-state index contributed by atoms with van der Waals surface area (Å²) >= 11 is 0. The van der Waals surface area contributed by atoms with Gasteiger partial charge >= 0.3 is 12.1 Å². The van der Waals surface area contributed by atoms with Crippen LogP contribution in [0.15, 0.2) is 0 Å². The van der Waals surface area contributed by atoms with Gasteiger partial charge in [0.25, 0.3) is 0 Å². The summed E-state index contributed by atoms with van der Waals surface area (Å²) in [6.07, 6.45) is -1.21. The van der Waals surface area contributed by atoms with Gasteiger partial charge in [-0.1, -0.05) is 0 Å². The highest BCUT2D eigenvalue weighted by Gasteiger charge is 1.86. The van der Waals surface area contributed by atoms with Crippen LogP contribution in [0.3, 0.4) is 0 Å². The van der Waals surface area contributed by atoms with Crippen LogP contribution in [0, 0.1) is 0 Å². The summed E-state index contributed by atoms with van der Waals surface area (Å²) in [7, 11) is 0. The van der Waals surface area contributed by atoms with Gasteiger partial charge in [-0.3, -0.25) is 4.79 Å². The Labute approximate surface area is 71.3 Å². The smallest absolute Gasteiger partial charge is 0.466 e. The highest BCUT2D eigenvalue weighted by atomic mass is 16.7. The molecule has 0 heterocycles. The van der Waals surface area contributed by atoms with Crippen molar-refractivity contribution in [2.24, 2.45) is 0 Å². The van der Waals surface area contributed by atoms with E-state index in [1.165, 1.54) is 6.92 Å². The Morgan fingerprint density at radius 3 is 1.58 bits per heavy atom. The number of carbonyl (C=O) groups excluding carboxylic acids is 1. The summed E-state index contributed by atoms with van der Waals surface area (Å²) < 4.78 is 8.36. The van der Waals surface area contributed by atoms with E-state index in [-0.39, 0.29) is 12.6 Å². The molecular weight excluding hydrogens is 164 g/mol. The lowest BCUT2D eigenvalue weighted by molar-refractivity contribution is -0.140. The maximum absolute atomic E-state index is 9.82. The Bertz CT molecular complexity index is 116. The first-order chi connectivity index (χ1) is 5.54. The Morgan fingerprint density at radius 2 is 1.58 bits per heavy atom. The van der Waals surface area contributed by atoms with Crippen LogP contribution in [-0.4, -0.2) is 30.4 Å². The molecule has 1 N–H and O–H groups in total. The van der Waals surface area contributed by atoms with Gasteiger partial charge in [-0.25, -0.2) is 4.79 Å². The summed E-state index contributed by atoms with van der Waals surface area (Å²) in [5.74, 6) is -0.211. The fourth-order valence-electron chi connectivity index (χ4n) is 0.327. The average Bonchev–Trinajstić information content (AvgIpc) is 1.87. The molecule has 0 aliphatic carbocycles. The van der Waals surface area contributed by atoms with Crippen molar-refractivity contribution >= 4 is 12.1 Å². The molecule has 0 atom stereocenters. The van der Waals surface area contributed by atoms with Gasteiger partial charge in [0.2, 0.25) is 0 Å². The normalized spacial score (nSPS) is 7.58. The van der Waals surface area contributed by atoms with E-state index >= 15 is 0 Å². The van der Waals surface area contributed by atoms with Crippen LogP contribution in [-0.2, 0) is 14.3 Å². The average molecular weight is 178 g/mol. The largest absolute Gasteiger partial charge is 0.505 e. The molecule has 72 valence electrons. The molecule has 0 aromatic heterocycles. The molecular formula is C7H14O5. The van der Waals surface area contributed by atoms with E-state index in [9.17, 15) is 9.59 Å². The third-order valence-corrected chi connectivity index (χ3v) is 0.615. The molecule has 0 aromatic carbocycles. The van der Waals surface area contributed by atoms with E-state index in [0.29, 0.717) is 6.61 Å². The zero-order chi connectivity index (χ0) is 9.98. The first kappa shape index (κ1) is 13.3. The van der Waals surface area contributed by atoms with Crippen LogP contribution in [0.5, 0.6) is 0 Å². The summed E-state index contributed by atoms with van der Waals surface area (Å²) in [6, 6.07) is 0. The minimum Gasteiger partial charge on any atom is -0.466 e. The van der Waals surface area contributed by atoms with Gasteiger partial charge < -0.3 is 14.6 Å². The van der Waals surface area contributed by atoms with E-state index in [4.69, 9.17) is 5.11 Å². The van der Waals surface area contributed by atoms with E-state index in [2.05, 4.69) is 9.47 Å². The van der Waals surface area contributed by atoms with Crippen molar-refractivity contribution in [3.8, 4) is 0 Å². The van der Waals surface area contributed by atoms with Crippen molar-refractivity contribution in [2.45, 2.75) is 20.8 Å². The predicted molar refractivity (Wildman–Crippen MR) is 42.0 cm³/mol. The molecule has 0 unspecified atom stereocenters. The van der Waals surface area contributed by atoms with Crippen molar-refractivity contribution in [3.63, 3.8) is 0 Å². The molecule has 5 nitrogen and oxygen atoms in total. The van der Waals surface area contributed by atoms with E-state index in [0.717, 1.165) is 0 Å². The molecule has 0 spiro atoms. The van der Waals surface area contributed by atoms with Crippen molar-refractivity contribution < 1.29 is 24.2 Å². The first-order valence-corrected chi connectivity index (χ1v) is 3.53. The highest BCUT2D eigenvalue weighted by Crippen LogP contribution is 1.70. The number of esters is 1. The second kappa shape index (κ2) is 9.74. The van der Waals surface area contributed by atoms with Crippen molar-refractivity contribution in [1.82, 2.24) is 0 Å². The third kappa shape index (κ3) is 23.3. The molecule has 0 aliphatic heterocycles. The molecule has 12 heavy (non-hydrogen) atoms. The lowest BCUT2D eigenvalue weighted by Crippen LogP contribution is -1.97. The minimum absolute atomic E-state index is 0.211. The standard InChI is InChI=1S/C4H8O2.C3H6O3/c1-3-6-4(2)5;1-2-6-3(4)5/h3H2,1-2H3;2H2,1H3,(H,4,5). The fourth-order valence-corrected chi connectivity index (χ4v) is 0.327. The van der Waals surface area contributed by atoms with Crippen molar-refractivity contribution in [2.75, 3.05) is 13.2 Å². The second-order valence-corrected chi connectivity index (χ2v) is 1.62. The SMILES string of the molecule is CCOC(=O)O.CCOC(C)=O. The number of carboxylic acid groups (broad SMARTS) is 1. The van der Waals surface area contributed by atoms with Crippen LogP contribution in [0.4, 0.5) is 4.79 Å².